The van der Waals surface area contributed by atoms with Crippen molar-refractivity contribution < 1.29 is 18.3 Å². The van der Waals surface area contributed by atoms with Crippen molar-refractivity contribution in [3.05, 3.63) is 77.5 Å². The van der Waals surface area contributed by atoms with Gasteiger partial charge in [-0.2, -0.15) is 0 Å². The molecule has 1 N–H and O–H groups in total. The molecule has 2 aromatic carbocycles. The number of alkyl halides is 1. The highest BCUT2D eigenvalue weighted by Gasteiger charge is 2.34. The molecule has 2 atom stereocenters. The minimum Gasteiger partial charge on any atom is -0.445 e. The quantitative estimate of drug-likeness (QED) is 0.658. The lowest BCUT2D eigenvalue weighted by Crippen LogP contribution is -2.44. The summed E-state index contributed by atoms with van der Waals surface area (Å²) >= 11 is 0. The highest BCUT2D eigenvalue weighted by atomic mass is 19.1. The second kappa shape index (κ2) is 8.65. The van der Waals surface area contributed by atoms with Gasteiger partial charge in [-0.1, -0.05) is 30.3 Å². The van der Waals surface area contributed by atoms with E-state index in [9.17, 15) is 13.6 Å². The van der Waals surface area contributed by atoms with Gasteiger partial charge in [-0.15, -0.1) is 0 Å². The smallest absolute Gasteiger partial charge is 0.410 e. The zero-order chi connectivity index (χ0) is 21.1. The summed E-state index contributed by atoms with van der Waals surface area (Å²) < 4.78 is 33.7. The van der Waals surface area contributed by atoms with Crippen molar-refractivity contribution in [1.29, 1.82) is 0 Å². The Hall–Kier alpha value is -3.22. The fourth-order valence-electron chi connectivity index (χ4n) is 3.67. The van der Waals surface area contributed by atoms with Crippen LogP contribution in [-0.2, 0) is 11.3 Å². The third-order valence-electron chi connectivity index (χ3n) is 5.42. The lowest BCUT2D eigenvalue weighted by Gasteiger charge is -2.33. The van der Waals surface area contributed by atoms with Crippen molar-refractivity contribution >= 4 is 6.09 Å². The Morgan fingerprint density at radius 1 is 1.27 bits per heavy atom. The number of halogens is 2. The van der Waals surface area contributed by atoms with Crippen molar-refractivity contribution in [3.8, 4) is 11.3 Å². The zero-order valence-corrected chi connectivity index (χ0v) is 16.6. The molecule has 1 aliphatic heterocycles. The van der Waals surface area contributed by atoms with E-state index >= 15 is 0 Å². The van der Waals surface area contributed by atoms with Crippen LogP contribution in [0.4, 0.5) is 13.6 Å². The highest BCUT2D eigenvalue weighted by molar-refractivity contribution is 5.68. The van der Waals surface area contributed by atoms with E-state index in [1.165, 1.54) is 11.0 Å². The van der Waals surface area contributed by atoms with Gasteiger partial charge in [0, 0.05) is 12.1 Å². The van der Waals surface area contributed by atoms with Gasteiger partial charge in [0.2, 0.25) is 0 Å². The Kier molecular flexibility index (Phi) is 5.79. The van der Waals surface area contributed by atoms with E-state index in [-0.39, 0.29) is 19.0 Å². The Morgan fingerprint density at radius 3 is 2.80 bits per heavy atom. The van der Waals surface area contributed by atoms with Crippen molar-refractivity contribution in [2.45, 2.75) is 32.0 Å². The van der Waals surface area contributed by atoms with Crippen LogP contribution in [0.2, 0.25) is 0 Å². The number of hydrogen-bond acceptors (Lipinski definition) is 3. The van der Waals surface area contributed by atoms with Gasteiger partial charge in [0.1, 0.15) is 24.4 Å². The molecule has 1 fully saturated rings. The molecule has 1 amide bonds. The molecule has 0 radical (unpaired) electrons. The molecule has 1 aliphatic rings. The van der Waals surface area contributed by atoms with Crippen molar-refractivity contribution in [1.82, 2.24) is 14.9 Å². The van der Waals surface area contributed by atoms with Crippen LogP contribution < -0.4 is 0 Å². The number of nitrogens with one attached hydrogen (secondary N) is 1. The Bertz CT molecular complexity index is 1020. The fourth-order valence-corrected chi connectivity index (χ4v) is 3.67. The molecule has 4 rings (SSSR count). The fraction of sp³-hybridized carbons (Fsp3) is 0.304. The normalized spacial score (nSPS) is 19.0. The molecule has 5 nitrogen and oxygen atoms in total. The molecular formula is C23H23F2N3O2. The summed E-state index contributed by atoms with van der Waals surface area (Å²) in [5.41, 5.74) is 2.93. The first kappa shape index (κ1) is 20.1. The minimum atomic E-state index is -1.25. The van der Waals surface area contributed by atoms with Crippen molar-refractivity contribution in [3.63, 3.8) is 0 Å². The molecule has 0 saturated carbocycles. The molecule has 7 heteroatoms. The van der Waals surface area contributed by atoms with E-state index in [1.54, 1.807) is 25.3 Å². The van der Waals surface area contributed by atoms with Crippen molar-refractivity contribution in [2.24, 2.45) is 0 Å². The van der Waals surface area contributed by atoms with Gasteiger partial charge in [-0.3, -0.25) is 0 Å². The summed E-state index contributed by atoms with van der Waals surface area (Å²) in [5.74, 6) is -0.163. The van der Waals surface area contributed by atoms with E-state index in [4.69, 9.17) is 4.74 Å². The second-order valence-corrected chi connectivity index (χ2v) is 7.54. The molecular weight excluding hydrogens is 388 g/mol. The maximum Gasteiger partial charge on any atom is 0.410 e. The number of ether oxygens (including phenoxy) is 1. The van der Waals surface area contributed by atoms with E-state index < -0.39 is 18.2 Å². The first-order chi connectivity index (χ1) is 14.5. The standard InChI is InChI=1S/C23H23F2N3O2/c1-15-11-17(7-8-19(15)24)21-12-26-22(27-21)18-9-10-28(13-20(18)25)23(29)30-14-16-5-3-2-4-6-16/h2-8,11-12,18,20H,9-10,13-14H2,1H3,(H,26,27)/t18-,20+/m0/s1. The lowest BCUT2D eigenvalue weighted by atomic mass is 9.94. The number of amides is 1. The second-order valence-electron chi connectivity index (χ2n) is 7.54. The summed E-state index contributed by atoms with van der Waals surface area (Å²) in [5, 5.41) is 0. The first-order valence-electron chi connectivity index (χ1n) is 9.92. The summed E-state index contributed by atoms with van der Waals surface area (Å²) in [4.78, 5) is 21.2. The van der Waals surface area contributed by atoms with Crippen LogP contribution in [0.3, 0.4) is 0 Å². The number of carbonyl (C=O) groups excluding carboxylic acids is 1. The van der Waals surface area contributed by atoms with E-state index in [0.717, 1.165) is 11.1 Å². The lowest BCUT2D eigenvalue weighted by molar-refractivity contribution is 0.0641. The Balaban J connectivity index is 1.37. The average Bonchev–Trinajstić information content (AvgIpc) is 3.24. The average molecular weight is 411 g/mol. The van der Waals surface area contributed by atoms with Gasteiger partial charge in [-0.05, 0) is 42.7 Å². The first-order valence-corrected chi connectivity index (χ1v) is 9.92. The predicted molar refractivity (Wildman–Crippen MR) is 109 cm³/mol. The number of aryl methyl sites for hydroxylation is 1. The molecule has 3 aromatic rings. The van der Waals surface area contributed by atoms with Gasteiger partial charge < -0.3 is 14.6 Å². The number of piperidine rings is 1. The maximum atomic E-state index is 14.9. The zero-order valence-electron chi connectivity index (χ0n) is 16.6. The van der Waals surface area contributed by atoms with Crippen LogP contribution in [0.15, 0.2) is 54.7 Å². The SMILES string of the molecule is Cc1cc(-c2cnc([C@H]3CCN(C(=O)OCc4ccccc4)C[C@H]3F)[nH]2)ccc1F. The van der Waals surface area contributed by atoms with Crippen LogP contribution >= 0.6 is 0 Å². The monoisotopic (exact) mass is 411 g/mol. The molecule has 0 aliphatic carbocycles. The largest absolute Gasteiger partial charge is 0.445 e. The number of likely N-dealkylation sites (tertiary alicyclic amines) is 1. The number of aromatic amines is 1. The van der Waals surface area contributed by atoms with E-state index in [2.05, 4.69) is 9.97 Å². The van der Waals surface area contributed by atoms with Crippen LogP contribution in [-0.4, -0.2) is 40.2 Å². The number of aromatic nitrogens is 2. The number of nitrogens with zero attached hydrogens (tertiary/aromatic N) is 2. The van der Waals surface area contributed by atoms with Gasteiger partial charge >= 0.3 is 6.09 Å². The Morgan fingerprint density at radius 2 is 2.07 bits per heavy atom. The molecule has 0 spiro atoms. The highest BCUT2D eigenvalue weighted by Crippen LogP contribution is 2.31. The van der Waals surface area contributed by atoms with Gasteiger partial charge in [0.05, 0.1) is 24.4 Å². The number of carbonyl (C=O) groups is 1. The number of H-pyrrole nitrogens is 1. The molecule has 2 heterocycles. The number of hydrogen-bond donors (Lipinski definition) is 1. The van der Waals surface area contributed by atoms with Gasteiger partial charge in [0.15, 0.2) is 0 Å². The van der Waals surface area contributed by atoms with Gasteiger partial charge in [-0.25, -0.2) is 18.6 Å². The van der Waals surface area contributed by atoms with Crippen molar-refractivity contribution in [2.75, 3.05) is 13.1 Å². The molecule has 156 valence electrons. The van der Waals surface area contributed by atoms with E-state index in [1.807, 2.05) is 30.3 Å². The molecule has 0 unspecified atom stereocenters. The topological polar surface area (TPSA) is 58.2 Å². The van der Waals surface area contributed by atoms with Crippen LogP contribution in [0.1, 0.15) is 29.3 Å². The maximum absolute atomic E-state index is 14.9. The van der Waals surface area contributed by atoms with Crippen LogP contribution in [0, 0.1) is 12.7 Å². The number of imidazole rings is 1. The van der Waals surface area contributed by atoms with Crippen LogP contribution in [0.5, 0.6) is 0 Å². The summed E-state index contributed by atoms with van der Waals surface area (Å²) in [6.45, 7) is 2.21. The summed E-state index contributed by atoms with van der Waals surface area (Å²) in [7, 11) is 0. The molecule has 1 aromatic heterocycles. The molecule has 30 heavy (non-hydrogen) atoms. The predicted octanol–water partition coefficient (Wildman–Crippen LogP) is 4.99. The Labute approximate surface area is 173 Å². The van der Waals surface area contributed by atoms with Crippen LogP contribution in [0.25, 0.3) is 11.3 Å². The third-order valence-corrected chi connectivity index (χ3v) is 5.42. The minimum absolute atomic E-state index is 0.0377. The third kappa shape index (κ3) is 4.35. The van der Waals surface area contributed by atoms with E-state index in [0.29, 0.717) is 30.0 Å². The summed E-state index contributed by atoms with van der Waals surface area (Å²) in [6.07, 6.45) is 0.311. The molecule has 0 bridgehead atoms. The number of benzene rings is 2. The van der Waals surface area contributed by atoms with Gasteiger partial charge in [0.25, 0.3) is 0 Å². The summed E-state index contributed by atoms with van der Waals surface area (Å²) in [6, 6.07) is 14.2. The molecule has 1 saturated heterocycles. The number of rotatable bonds is 4.